The molecule has 0 radical (unpaired) electrons. The highest BCUT2D eigenvalue weighted by molar-refractivity contribution is 5.75. The lowest BCUT2D eigenvalue weighted by Gasteiger charge is -2.19. The van der Waals surface area contributed by atoms with E-state index in [1.54, 1.807) is 0 Å². The van der Waals surface area contributed by atoms with Gasteiger partial charge in [-0.25, -0.2) is 0 Å². The third-order valence-corrected chi connectivity index (χ3v) is 3.07. The smallest absolute Gasteiger partial charge is 0.322 e. The minimum absolute atomic E-state index is 0.0959. The number of carbonyl (C=O) groups excluding carboxylic acids is 1. The van der Waals surface area contributed by atoms with Gasteiger partial charge in [0.05, 0.1) is 13.2 Å². The minimum atomic E-state index is -0.337. The second kappa shape index (κ2) is 5.79. The summed E-state index contributed by atoms with van der Waals surface area (Å²) in [7, 11) is 1.39. The summed E-state index contributed by atoms with van der Waals surface area (Å²) in [6.07, 6.45) is 2.57. The summed E-state index contributed by atoms with van der Waals surface area (Å²) in [5.74, 6) is 0.515. The van der Waals surface area contributed by atoms with E-state index in [-0.39, 0.29) is 18.1 Å². The van der Waals surface area contributed by atoms with Crippen LogP contribution in [0.4, 0.5) is 0 Å². The van der Waals surface area contributed by atoms with E-state index in [1.807, 2.05) is 42.6 Å². The van der Waals surface area contributed by atoms with Gasteiger partial charge in [-0.1, -0.05) is 13.0 Å². The SMILES string of the molecule is CCC(NC(C)c1nnc2ccccn12)C(=O)OC. The molecule has 0 aliphatic rings. The molecule has 2 heterocycles. The summed E-state index contributed by atoms with van der Waals surface area (Å²) in [5.41, 5.74) is 0.789. The molecule has 6 heteroatoms. The number of ether oxygens (including phenoxy) is 1. The highest BCUT2D eigenvalue weighted by Gasteiger charge is 2.22. The average molecular weight is 262 g/mol. The van der Waals surface area contributed by atoms with Crippen LogP contribution in [0.25, 0.3) is 5.65 Å². The Kier molecular flexibility index (Phi) is 4.11. The van der Waals surface area contributed by atoms with Crippen LogP contribution in [0.1, 0.15) is 32.1 Å². The molecule has 0 bridgehead atoms. The van der Waals surface area contributed by atoms with Gasteiger partial charge in [0, 0.05) is 6.20 Å². The van der Waals surface area contributed by atoms with Crippen molar-refractivity contribution in [1.29, 1.82) is 0 Å². The maximum absolute atomic E-state index is 11.6. The zero-order valence-corrected chi connectivity index (χ0v) is 11.3. The first-order valence-corrected chi connectivity index (χ1v) is 6.31. The van der Waals surface area contributed by atoms with Gasteiger partial charge in [0.25, 0.3) is 0 Å². The molecular weight excluding hydrogens is 244 g/mol. The Balaban J connectivity index is 2.19. The van der Waals surface area contributed by atoms with Crippen LogP contribution in [-0.2, 0) is 9.53 Å². The molecule has 0 aliphatic carbocycles. The molecule has 19 heavy (non-hydrogen) atoms. The molecule has 0 fully saturated rings. The average Bonchev–Trinajstić information content (AvgIpc) is 2.87. The van der Waals surface area contributed by atoms with E-state index in [1.165, 1.54) is 7.11 Å². The monoisotopic (exact) mass is 262 g/mol. The molecule has 0 amide bonds. The van der Waals surface area contributed by atoms with Crippen molar-refractivity contribution in [1.82, 2.24) is 19.9 Å². The molecular formula is C13H18N4O2. The number of hydrogen-bond acceptors (Lipinski definition) is 5. The van der Waals surface area contributed by atoms with E-state index < -0.39 is 0 Å². The Morgan fingerprint density at radius 3 is 2.95 bits per heavy atom. The summed E-state index contributed by atoms with van der Waals surface area (Å²) >= 11 is 0. The van der Waals surface area contributed by atoms with Crippen LogP contribution in [-0.4, -0.2) is 33.7 Å². The molecule has 2 aromatic rings. The number of nitrogens with one attached hydrogen (secondary N) is 1. The fraction of sp³-hybridized carbons (Fsp3) is 0.462. The molecule has 2 rings (SSSR count). The van der Waals surface area contributed by atoms with Gasteiger partial charge in [0.15, 0.2) is 11.5 Å². The molecule has 2 aromatic heterocycles. The number of fused-ring (bicyclic) bond motifs is 1. The topological polar surface area (TPSA) is 68.5 Å². The van der Waals surface area contributed by atoms with Crippen molar-refractivity contribution in [2.75, 3.05) is 7.11 Å². The molecule has 2 atom stereocenters. The van der Waals surface area contributed by atoms with Crippen LogP contribution in [0.2, 0.25) is 0 Å². The number of nitrogens with zero attached hydrogens (tertiary/aromatic N) is 3. The van der Waals surface area contributed by atoms with Crippen LogP contribution in [0, 0.1) is 0 Å². The van der Waals surface area contributed by atoms with Gasteiger partial charge >= 0.3 is 5.97 Å². The van der Waals surface area contributed by atoms with E-state index in [0.29, 0.717) is 6.42 Å². The fourth-order valence-electron chi connectivity index (χ4n) is 2.03. The van der Waals surface area contributed by atoms with Crippen molar-refractivity contribution in [3.05, 3.63) is 30.2 Å². The summed E-state index contributed by atoms with van der Waals surface area (Å²) in [4.78, 5) is 11.6. The number of rotatable bonds is 5. The fourth-order valence-corrected chi connectivity index (χ4v) is 2.03. The number of methoxy groups -OCH3 is 1. The minimum Gasteiger partial charge on any atom is -0.468 e. The van der Waals surface area contributed by atoms with Crippen LogP contribution in [0.3, 0.4) is 0 Å². The van der Waals surface area contributed by atoms with E-state index in [9.17, 15) is 4.79 Å². The van der Waals surface area contributed by atoms with Crippen LogP contribution < -0.4 is 5.32 Å². The van der Waals surface area contributed by atoms with Gasteiger partial charge < -0.3 is 4.74 Å². The van der Waals surface area contributed by atoms with Crippen LogP contribution in [0.15, 0.2) is 24.4 Å². The van der Waals surface area contributed by atoms with Crippen LogP contribution in [0.5, 0.6) is 0 Å². The number of hydrogen-bond donors (Lipinski definition) is 1. The number of pyridine rings is 1. The Bertz CT molecular complexity index is 567. The van der Waals surface area contributed by atoms with Gasteiger partial charge in [0.1, 0.15) is 6.04 Å². The van der Waals surface area contributed by atoms with Crippen molar-refractivity contribution >= 4 is 11.6 Å². The van der Waals surface area contributed by atoms with Crippen molar-refractivity contribution < 1.29 is 9.53 Å². The van der Waals surface area contributed by atoms with Gasteiger partial charge in [-0.05, 0) is 25.5 Å². The van der Waals surface area contributed by atoms with E-state index >= 15 is 0 Å². The predicted octanol–water partition coefficient (Wildman–Crippen LogP) is 1.33. The zero-order valence-electron chi connectivity index (χ0n) is 11.3. The van der Waals surface area contributed by atoms with Gasteiger partial charge in [-0.15, -0.1) is 10.2 Å². The zero-order chi connectivity index (χ0) is 13.8. The second-order valence-corrected chi connectivity index (χ2v) is 4.36. The van der Waals surface area contributed by atoms with E-state index in [0.717, 1.165) is 11.5 Å². The third-order valence-electron chi connectivity index (χ3n) is 3.07. The summed E-state index contributed by atoms with van der Waals surface area (Å²) in [6, 6.07) is 5.29. The summed E-state index contributed by atoms with van der Waals surface area (Å²) in [6.45, 7) is 3.89. The molecule has 0 spiro atoms. The lowest BCUT2D eigenvalue weighted by atomic mass is 10.2. The maximum Gasteiger partial charge on any atom is 0.322 e. The number of carbonyl (C=O) groups is 1. The molecule has 1 N–H and O–H groups in total. The lowest BCUT2D eigenvalue weighted by molar-refractivity contribution is -0.143. The second-order valence-electron chi connectivity index (χ2n) is 4.36. The first-order chi connectivity index (χ1) is 9.17. The molecule has 2 unspecified atom stereocenters. The standard InChI is InChI=1S/C13H18N4O2/c1-4-10(13(18)19-3)14-9(2)12-16-15-11-7-5-6-8-17(11)12/h5-10,14H,4H2,1-3H3. The molecule has 6 nitrogen and oxygen atoms in total. The number of aromatic nitrogens is 3. The molecule has 0 aromatic carbocycles. The largest absolute Gasteiger partial charge is 0.468 e. The van der Waals surface area contributed by atoms with E-state index in [4.69, 9.17) is 4.74 Å². The summed E-state index contributed by atoms with van der Waals surface area (Å²) < 4.78 is 6.67. The summed E-state index contributed by atoms with van der Waals surface area (Å²) in [5, 5.41) is 11.5. The lowest BCUT2D eigenvalue weighted by Crippen LogP contribution is -2.39. The molecule has 102 valence electrons. The third kappa shape index (κ3) is 2.73. The Labute approximate surface area is 111 Å². The highest BCUT2D eigenvalue weighted by Crippen LogP contribution is 2.13. The quantitative estimate of drug-likeness (QED) is 0.823. The van der Waals surface area contributed by atoms with Crippen molar-refractivity contribution in [2.45, 2.75) is 32.4 Å². The van der Waals surface area contributed by atoms with Crippen molar-refractivity contribution in [3.63, 3.8) is 0 Å². The van der Waals surface area contributed by atoms with Gasteiger partial charge in [0.2, 0.25) is 0 Å². The van der Waals surface area contributed by atoms with Crippen molar-refractivity contribution in [2.24, 2.45) is 0 Å². The predicted molar refractivity (Wildman–Crippen MR) is 70.6 cm³/mol. The molecule has 0 saturated heterocycles. The molecule has 0 aliphatic heterocycles. The Morgan fingerprint density at radius 2 is 2.26 bits per heavy atom. The molecule has 0 saturated carbocycles. The highest BCUT2D eigenvalue weighted by atomic mass is 16.5. The first kappa shape index (κ1) is 13.5. The van der Waals surface area contributed by atoms with E-state index in [2.05, 4.69) is 15.5 Å². The Hall–Kier alpha value is -1.95. The number of esters is 1. The van der Waals surface area contributed by atoms with Crippen LogP contribution >= 0.6 is 0 Å². The maximum atomic E-state index is 11.6. The van der Waals surface area contributed by atoms with Gasteiger partial charge in [-0.3, -0.25) is 14.5 Å². The normalized spacial score (nSPS) is 14.3. The van der Waals surface area contributed by atoms with Gasteiger partial charge in [-0.2, -0.15) is 0 Å². The van der Waals surface area contributed by atoms with Crippen molar-refractivity contribution in [3.8, 4) is 0 Å². The first-order valence-electron chi connectivity index (χ1n) is 6.31. The Morgan fingerprint density at radius 1 is 1.47 bits per heavy atom.